The van der Waals surface area contributed by atoms with Crippen molar-refractivity contribution in [3.63, 3.8) is 0 Å². The molecule has 130 valence electrons. The highest BCUT2D eigenvalue weighted by Crippen LogP contribution is 2.31. The summed E-state index contributed by atoms with van der Waals surface area (Å²) in [5.74, 6) is -0.242. The van der Waals surface area contributed by atoms with Crippen LogP contribution >= 0.6 is 23.2 Å². The fourth-order valence-electron chi connectivity index (χ4n) is 2.01. The molecule has 0 aromatic heterocycles. The average molecular weight is 396 g/mol. The van der Waals surface area contributed by atoms with Crippen molar-refractivity contribution in [1.82, 2.24) is 0 Å². The van der Waals surface area contributed by atoms with E-state index in [2.05, 4.69) is 9.46 Å². The van der Waals surface area contributed by atoms with E-state index in [1.54, 1.807) is 19.9 Å². The van der Waals surface area contributed by atoms with Crippen LogP contribution in [-0.4, -0.2) is 15.0 Å². The maximum Gasteiger partial charge on any atom is 0.387 e. The summed E-state index contributed by atoms with van der Waals surface area (Å²) in [6.45, 7) is 0.283. The van der Waals surface area contributed by atoms with E-state index in [4.69, 9.17) is 23.2 Å². The van der Waals surface area contributed by atoms with Gasteiger partial charge in [-0.3, -0.25) is 4.72 Å². The van der Waals surface area contributed by atoms with Gasteiger partial charge < -0.3 is 4.74 Å². The van der Waals surface area contributed by atoms with Gasteiger partial charge in [0.05, 0.1) is 15.6 Å². The predicted molar refractivity (Wildman–Crippen MR) is 89.8 cm³/mol. The SMILES string of the molecule is Cc1cc(S(=O)(=O)Nc2ccc(OC(F)F)c(Cl)c2)c(C)cc1Cl. The van der Waals surface area contributed by atoms with Crippen molar-refractivity contribution in [3.8, 4) is 5.75 Å². The number of alkyl halides is 2. The molecule has 0 atom stereocenters. The standard InChI is InChI=1S/C15H13Cl2F2NO3S/c1-8-6-14(9(2)5-11(8)16)24(21,22)20-10-3-4-13(12(17)7-10)23-15(18)19/h3-7,15,20H,1-2H3. The molecular weight excluding hydrogens is 383 g/mol. The van der Waals surface area contributed by atoms with E-state index in [0.29, 0.717) is 16.1 Å². The van der Waals surface area contributed by atoms with Crippen LogP contribution in [0.2, 0.25) is 10.0 Å². The second-order valence-corrected chi connectivity index (χ2v) is 7.46. The molecule has 0 saturated heterocycles. The van der Waals surface area contributed by atoms with Gasteiger partial charge in [0.15, 0.2) is 0 Å². The molecule has 1 N–H and O–H groups in total. The van der Waals surface area contributed by atoms with Gasteiger partial charge in [0.25, 0.3) is 10.0 Å². The zero-order valence-corrected chi connectivity index (χ0v) is 14.9. The van der Waals surface area contributed by atoms with Crippen LogP contribution in [0.3, 0.4) is 0 Å². The zero-order chi connectivity index (χ0) is 18.1. The van der Waals surface area contributed by atoms with Crippen LogP contribution in [0, 0.1) is 13.8 Å². The molecule has 0 fully saturated rings. The van der Waals surface area contributed by atoms with Crippen molar-refractivity contribution < 1.29 is 21.9 Å². The molecule has 2 aromatic rings. The van der Waals surface area contributed by atoms with Crippen molar-refractivity contribution in [2.24, 2.45) is 0 Å². The lowest BCUT2D eigenvalue weighted by Crippen LogP contribution is -2.14. The molecule has 2 rings (SSSR count). The Hall–Kier alpha value is -1.57. The Balaban J connectivity index is 2.33. The van der Waals surface area contributed by atoms with E-state index in [9.17, 15) is 17.2 Å². The molecular formula is C15H13Cl2F2NO3S. The highest BCUT2D eigenvalue weighted by Gasteiger charge is 2.19. The number of sulfonamides is 1. The summed E-state index contributed by atoms with van der Waals surface area (Å²) in [4.78, 5) is 0.0634. The van der Waals surface area contributed by atoms with Crippen LogP contribution in [0.4, 0.5) is 14.5 Å². The molecule has 9 heteroatoms. The minimum atomic E-state index is -3.89. The largest absolute Gasteiger partial charge is 0.433 e. The quantitative estimate of drug-likeness (QED) is 0.773. The maximum absolute atomic E-state index is 12.5. The Morgan fingerprint density at radius 3 is 2.29 bits per heavy atom. The van der Waals surface area contributed by atoms with Crippen LogP contribution in [0.25, 0.3) is 0 Å². The van der Waals surface area contributed by atoms with Crippen molar-refractivity contribution >= 4 is 38.9 Å². The lowest BCUT2D eigenvalue weighted by molar-refractivity contribution is -0.0497. The Bertz CT molecular complexity index is 873. The molecule has 0 aliphatic carbocycles. The summed E-state index contributed by atoms with van der Waals surface area (Å²) < 4.78 is 56.0. The molecule has 0 amide bonds. The van der Waals surface area contributed by atoms with Gasteiger partial charge in [-0.2, -0.15) is 8.78 Å². The van der Waals surface area contributed by atoms with Crippen LogP contribution < -0.4 is 9.46 Å². The number of halogens is 4. The van der Waals surface area contributed by atoms with Crippen LogP contribution in [-0.2, 0) is 10.0 Å². The first-order valence-electron chi connectivity index (χ1n) is 6.64. The molecule has 4 nitrogen and oxygen atoms in total. The Kier molecular flexibility index (Phi) is 5.57. The van der Waals surface area contributed by atoms with E-state index in [1.807, 2.05) is 0 Å². The summed E-state index contributed by atoms with van der Waals surface area (Å²) in [6.07, 6.45) is 0. The number of hydrogen-bond donors (Lipinski definition) is 1. The monoisotopic (exact) mass is 395 g/mol. The number of hydrogen-bond acceptors (Lipinski definition) is 3. The fourth-order valence-corrected chi connectivity index (χ4v) is 3.82. The number of rotatable bonds is 5. The molecule has 0 spiro atoms. The maximum atomic E-state index is 12.5. The smallest absolute Gasteiger partial charge is 0.387 e. The van der Waals surface area contributed by atoms with Gasteiger partial charge in [0.2, 0.25) is 0 Å². The van der Waals surface area contributed by atoms with Gasteiger partial charge in [-0.1, -0.05) is 23.2 Å². The van der Waals surface area contributed by atoms with Gasteiger partial charge in [-0.15, -0.1) is 0 Å². The van der Waals surface area contributed by atoms with Crippen LogP contribution in [0.5, 0.6) is 5.75 Å². The first-order valence-corrected chi connectivity index (χ1v) is 8.88. The molecule has 0 saturated carbocycles. The van der Waals surface area contributed by atoms with E-state index >= 15 is 0 Å². The third kappa shape index (κ3) is 4.28. The lowest BCUT2D eigenvalue weighted by atomic mass is 10.2. The zero-order valence-electron chi connectivity index (χ0n) is 12.6. The minimum absolute atomic E-state index is 0.0634. The average Bonchev–Trinajstić information content (AvgIpc) is 2.45. The van der Waals surface area contributed by atoms with Gasteiger partial charge in [0.1, 0.15) is 5.75 Å². The number of anilines is 1. The molecule has 0 unspecified atom stereocenters. The third-order valence-corrected chi connectivity index (χ3v) is 5.37. The summed E-state index contributed by atoms with van der Waals surface area (Å²) in [5.41, 5.74) is 1.21. The van der Waals surface area contributed by atoms with E-state index in [0.717, 1.165) is 6.07 Å². The van der Waals surface area contributed by atoms with Gasteiger partial charge >= 0.3 is 6.61 Å². The molecule has 0 bridgehead atoms. The first kappa shape index (κ1) is 18.8. The van der Waals surface area contributed by atoms with Crippen molar-refractivity contribution in [2.45, 2.75) is 25.4 Å². The van der Waals surface area contributed by atoms with Crippen LogP contribution in [0.15, 0.2) is 35.2 Å². The second-order valence-electron chi connectivity index (χ2n) is 5.00. The second kappa shape index (κ2) is 7.13. The molecule has 0 radical (unpaired) electrons. The molecule has 0 aliphatic heterocycles. The predicted octanol–water partition coefficient (Wildman–Crippen LogP) is 5.01. The van der Waals surface area contributed by atoms with E-state index in [-0.39, 0.29) is 21.4 Å². The van der Waals surface area contributed by atoms with Crippen LogP contribution in [0.1, 0.15) is 11.1 Å². The molecule has 0 aliphatic rings. The molecule has 0 heterocycles. The Morgan fingerprint density at radius 2 is 1.71 bits per heavy atom. The van der Waals surface area contributed by atoms with E-state index < -0.39 is 16.6 Å². The fraction of sp³-hybridized carbons (Fsp3) is 0.200. The normalized spacial score (nSPS) is 11.6. The highest BCUT2D eigenvalue weighted by molar-refractivity contribution is 7.92. The summed E-state index contributed by atoms with van der Waals surface area (Å²) in [5, 5.41) is 0.322. The van der Waals surface area contributed by atoms with Crippen molar-refractivity contribution in [2.75, 3.05) is 4.72 Å². The van der Waals surface area contributed by atoms with Gasteiger partial charge in [-0.25, -0.2) is 8.42 Å². The Morgan fingerprint density at radius 1 is 1.04 bits per heavy atom. The Labute approximate surface area is 148 Å². The highest BCUT2D eigenvalue weighted by atomic mass is 35.5. The van der Waals surface area contributed by atoms with E-state index in [1.165, 1.54) is 18.2 Å². The number of benzene rings is 2. The summed E-state index contributed by atoms with van der Waals surface area (Å²) in [7, 11) is -3.89. The molecule has 24 heavy (non-hydrogen) atoms. The summed E-state index contributed by atoms with van der Waals surface area (Å²) in [6, 6.07) is 6.63. The lowest BCUT2D eigenvalue weighted by Gasteiger charge is -2.13. The van der Waals surface area contributed by atoms with Gasteiger partial charge in [-0.05, 0) is 55.3 Å². The van der Waals surface area contributed by atoms with Crippen molar-refractivity contribution in [1.29, 1.82) is 0 Å². The van der Waals surface area contributed by atoms with Crippen molar-refractivity contribution in [3.05, 3.63) is 51.5 Å². The summed E-state index contributed by atoms with van der Waals surface area (Å²) >= 11 is 11.8. The number of aryl methyl sites for hydroxylation is 2. The number of nitrogens with one attached hydrogen (secondary N) is 1. The molecule has 2 aromatic carbocycles. The minimum Gasteiger partial charge on any atom is -0.433 e. The number of ether oxygens (including phenoxy) is 1. The van der Waals surface area contributed by atoms with Gasteiger partial charge in [0, 0.05) is 5.02 Å². The third-order valence-electron chi connectivity index (χ3n) is 3.15. The topological polar surface area (TPSA) is 55.4 Å². The first-order chi connectivity index (χ1) is 11.1.